The Morgan fingerprint density at radius 3 is 2.77 bits per heavy atom. The fourth-order valence-corrected chi connectivity index (χ4v) is 5.56. The minimum Gasteiger partial charge on any atom is -0.356 e. The van der Waals surface area contributed by atoms with Gasteiger partial charge in [0.1, 0.15) is 0 Å². The highest BCUT2D eigenvalue weighted by Gasteiger charge is 2.29. The molecule has 1 unspecified atom stereocenters. The Balaban J connectivity index is 1.31. The van der Waals surface area contributed by atoms with Gasteiger partial charge in [0, 0.05) is 44.7 Å². The molecule has 0 bridgehead atoms. The lowest BCUT2D eigenvalue weighted by Crippen LogP contribution is -2.43. The van der Waals surface area contributed by atoms with E-state index < -0.39 is 10.0 Å². The van der Waals surface area contributed by atoms with E-state index in [-0.39, 0.29) is 24.1 Å². The largest absolute Gasteiger partial charge is 0.356 e. The number of para-hydroxylation sites is 2. The third-order valence-electron chi connectivity index (χ3n) is 5.68. The van der Waals surface area contributed by atoms with Crippen molar-refractivity contribution < 1.29 is 13.2 Å². The van der Waals surface area contributed by atoms with Gasteiger partial charge in [-0.3, -0.25) is 14.1 Å². The first-order chi connectivity index (χ1) is 15.0. The molecule has 2 aliphatic rings. The maximum absolute atomic E-state index is 12.8. The van der Waals surface area contributed by atoms with Crippen molar-refractivity contribution in [1.29, 1.82) is 0 Å². The first-order valence-corrected chi connectivity index (χ1v) is 12.0. The van der Waals surface area contributed by atoms with Gasteiger partial charge in [0.05, 0.1) is 11.4 Å². The monoisotopic (exact) mass is 441 g/mol. The molecule has 31 heavy (non-hydrogen) atoms. The molecule has 2 heterocycles. The van der Waals surface area contributed by atoms with Gasteiger partial charge in [-0.2, -0.15) is 0 Å². The van der Waals surface area contributed by atoms with Gasteiger partial charge in [-0.15, -0.1) is 0 Å². The van der Waals surface area contributed by atoms with E-state index in [1.54, 1.807) is 7.05 Å². The van der Waals surface area contributed by atoms with E-state index in [1.165, 1.54) is 4.31 Å². The topological polar surface area (TPSA) is 103 Å². The van der Waals surface area contributed by atoms with Gasteiger partial charge in [-0.05, 0) is 29.7 Å². The molecule has 2 aromatic carbocycles. The zero-order chi connectivity index (χ0) is 21.8. The summed E-state index contributed by atoms with van der Waals surface area (Å²) in [4.78, 5) is 16.2. The number of hydrogen-bond donors (Lipinski definition) is 3. The van der Waals surface area contributed by atoms with E-state index in [0.717, 1.165) is 28.9 Å². The van der Waals surface area contributed by atoms with Crippen molar-refractivity contribution >= 4 is 33.3 Å². The van der Waals surface area contributed by atoms with Gasteiger partial charge in [-0.25, -0.2) is 8.42 Å². The molecule has 0 fully saturated rings. The fourth-order valence-electron chi connectivity index (χ4n) is 4.13. The molecule has 2 aromatic rings. The van der Waals surface area contributed by atoms with Crippen LogP contribution in [-0.2, 0) is 21.2 Å². The van der Waals surface area contributed by atoms with E-state index in [2.05, 4.69) is 20.9 Å². The van der Waals surface area contributed by atoms with E-state index in [0.29, 0.717) is 25.5 Å². The number of hydrogen-bond acceptors (Lipinski definition) is 4. The molecule has 0 radical (unpaired) electrons. The second-order valence-corrected chi connectivity index (χ2v) is 9.70. The van der Waals surface area contributed by atoms with Gasteiger partial charge < -0.3 is 16.0 Å². The molecule has 1 amide bonds. The van der Waals surface area contributed by atoms with Crippen LogP contribution in [-0.4, -0.2) is 52.7 Å². The summed E-state index contributed by atoms with van der Waals surface area (Å²) in [6.45, 7) is 1.25. The lowest BCUT2D eigenvalue weighted by atomic mass is 9.90. The molecule has 9 heteroatoms. The number of anilines is 2. The second kappa shape index (κ2) is 8.97. The smallest absolute Gasteiger partial charge is 0.236 e. The van der Waals surface area contributed by atoms with Crippen LogP contribution in [0.5, 0.6) is 0 Å². The molecule has 8 nitrogen and oxygen atoms in total. The minimum absolute atomic E-state index is 0.00886. The Hall–Kier alpha value is -3.07. The highest BCUT2D eigenvalue weighted by atomic mass is 32.2. The summed E-state index contributed by atoms with van der Waals surface area (Å²) in [5.74, 6) is 0.496. The van der Waals surface area contributed by atoms with Crippen molar-refractivity contribution in [3.05, 3.63) is 59.7 Å². The van der Waals surface area contributed by atoms with Gasteiger partial charge in [-0.1, -0.05) is 36.4 Å². The van der Waals surface area contributed by atoms with Crippen molar-refractivity contribution in [2.75, 3.05) is 42.1 Å². The van der Waals surface area contributed by atoms with E-state index in [1.807, 2.05) is 48.5 Å². The van der Waals surface area contributed by atoms with E-state index >= 15 is 0 Å². The highest BCUT2D eigenvalue weighted by molar-refractivity contribution is 7.92. The zero-order valence-electron chi connectivity index (χ0n) is 17.5. The molecular weight excluding hydrogens is 414 g/mol. The summed E-state index contributed by atoms with van der Waals surface area (Å²) < 4.78 is 27.1. The summed E-state index contributed by atoms with van der Waals surface area (Å²) in [6, 6.07) is 15.4. The third kappa shape index (κ3) is 4.66. The van der Waals surface area contributed by atoms with Gasteiger partial charge in [0.25, 0.3) is 0 Å². The summed E-state index contributed by atoms with van der Waals surface area (Å²) in [7, 11) is -1.78. The molecule has 1 atom stereocenters. The molecule has 0 spiro atoms. The van der Waals surface area contributed by atoms with Gasteiger partial charge in [0.15, 0.2) is 5.96 Å². The minimum atomic E-state index is -3.42. The predicted molar refractivity (Wildman–Crippen MR) is 123 cm³/mol. The molecule has 164 valence electrons. The number of aliphatic imine (C=N–C) groups is 1. The summed E-state index contributed by atoms with van der Waals surface area (Å²) in [5, 5.41) is 9.19. The van der Waals surface area contributed by atoms with Crippen LogP contribution in [0.1, 0.15) is 23.5 Å². The van der Waals surface area contributed by atoms with Crippen LogP contribution in [0.4, 0.5) is 11.4 Å². The Morgan fingerprint density at radius 2 is 1.94 bits per heavy atom. The third-order valence-corrected chi connectivity index (χ3v) is 7.45. The molecule has 0 saturated heterocycles. The first-order valence-electron chi connectivity index (χ1n) is 10.4. The van der Waals surface area contributed by atoms with Crippen LogP contribution < -0.4 is 20.3 Å². The number of sulfonamides is 1. The Bertz CT molecular complexity index is 1100. The Labute approximate surface area is 182 Å². The maximum atomic E-state index is 12.8. The number of carbonyl (C=O) groups excluding carboxylic acids is 1. The first kappa shape index (κ1) is 21.2. The second-order valence-electron chi connectivity index (χ2n) is 7.68. The number of fused-ring (bicyclic) bond motifs is 2. The molecule has 2 aliphatic heterocycles. The van der Waals surface area contributed by atoms with Crippen LogP contribution in [0.25, 0.3) is 0 Å². The van der Waals surface area contributed by atoms with Crippen LogP contribution in [0.3, 0.4) is 0 Å². The summed E-state index contributed by atoms with van der Waals surface area (Å²) >= 11 is 0. The molecule has 0 saturated carbocycles. The standard InChI is InChI=1S/C22H27N5O3S/c1-23-22(25-15-17-14-21(28)26-19-8-4-3-7-18(17)19)24-11-13-31(29,30)27-12-10-16-6-2-5-9-20(16)27/h2-9,17H,10-15H2,1H3,(H,26,28)(H2,23,24,25). The van der Waals surface area contributed by atoms with Gasteiger partial charge in [0.2, 0.25) is 15.9 Å². The SMILES string of the molecule is CN=C(NCCS(=O)(=O)N1CCc2ccccc21)NCC1CC(=O)Nc2ccccc21. The van der Waals surface area contributed by atoms with Crippen molar-refractivity contribution in [1.82, 2.24) is 10.6 Å². The number of carbonyl (C=O) groups is 1. The number of nitrogens with zero attached hydrogens (tertiary/aromatic N) is 2. The van der Waals surface area contributed by atoms with Crippen LogP contribution in [0, 0.1) is 0 Å². The number of nitrogens with one attached hydrogen (secondary N) is 3. The maximum Gasteiger partial charge on any atom is 0.236 e. The number of amides is 1. The van der Waals surface area contributed by atoms with E-state index in [4.69, 9.17) is 0 Å². The normalized spacial score (nSPS) is 18.2. The van der Waals surface area contributed by atoms with Gasteiger partial charge >= 0.3 is 0 Å². The summed E-state index contributed by atoms with van der Waals surface area (Å²) in [6.07, 6.45) is 1.13. The average molecular weight is 442 g/mol. The fraction of sp³-hybridized carbons (Fsp3) is 0.364. The Kier molecular flexibility index (Phi) is 6.13. The predicted octanol–water partition coefficient (Wildman–Crippen LogP) is 1.67. The zero-order valence-corrected chi connectivity index (χ0v) is 18.3. The van der Waals surface area contributed by atoms with Crippen LogP contribution >= 0.6 is 0 Å². The molecule has 4 rings (SSSR count). The summed E-state index contributed by atoms with van der Waals surface area (Å²) in [5.41, 5.74) is 3.76. The lowest BCUT2D eigenvalue weighted by molar-refractivity contribution is -0.116. The average Bonchev–Trinajstić information content (AvgIpc) is 3.21. The van der Waals surface area contributed by atoms with E-state index in [9.17, 15) is 13.2 Å². The van der Waals surface area contributed by atoms with Crippen LogP contribution in [0.15, 0.2) is 53.5 Å². The number of rotatable bonds is 6. The lowest BCUT2D eigenvalue weighted by Gasteiger charge is -2.26. The number of guanidine groups is 1. The molecule has 0 aromatic heterocycles. The van der Waals surface area contributed by atoms with Crippen LogP contribution in [0.2, 0.25) is 0 Å². The quantitative estimate of drug-likeness (QED) is 0.467. The van der Waals surface area contributed by atoms with Crippen molar-refractivity contribution in [3.8, 4) is 0 Å². The van der Waals surface area contributed by atoms with Crippen molar-refractivity contribution in [2.24, 2.45) is 4.99 Å². The Morgan fingerprint density at radius 1 is 1.16 bits per heavy atom. The molecule has 3 N–H and O–H groups in total. The molecular formula is C22H27N5O3S. The van der Waals surface area contributed by atoms with Crippen molar-refractivity contribution in [2.45, 2.75) is 18.8 Å². The molecule has 0 aliphatic carbocycles. The highest BCUT2D eigenvalue weighted by Crippen LogP contribution is 2.31. The van der Waals surface area contributed by atoms with Crippen molar-refractivity contribution in [3.63, 3.8) is 0 Å². The number of benzene rings is 2.